The molecular formula is C20H24F2N2O4S. The van der Waals surface area contributed by atoms with E-state index in [1.165, 1.54) is 37.4 Å². The van der Waals surface area contributed by atoms with E-state index in [9.17, 15) is 22.0 Å². The molecule has 6 nitrogen and oxygen atoms in total. The van der Waals surface area contributed by atoms with Gasteiger partial charge in [-0.15, -0.1) is 0 Å². The summed E-state index contributed by atoms with van der Waals surface area (Å²) >= 11 is 0. The normalized spacial score (nSPS) is 13.8. The fourth-order valence-electron chi connectivity index (χ4n) is 2.65. The highest BCUT2D eigenvalue weighted by atomic mass is 32.2. The van der Waals surface area contributed by atoms with Gasteiger partial charge in [0.05, 0.1) is 18.0 Å². The highest BCUT2D eigenvalue weighted by Gasteiger charge is 2.29. The number of carbonyl (C=O) groups is 1. The van der Waals surface area contributed by atoms with Gasteiger partial charge in [-0.25, -0.2) is 17.2 Å². The zero-order chi connectivity index (χ0) is 21.8. The predicted molar refractivity (Wildman–Crippen MR) is 105 cm³/mol. The second-order valence-corrected chi connectivity index (χ2v) is 8.64. The lowest BCUT2D eigenvalue weighted by Gasteiger charge is -2.24. The Labute approximate surface area is 169 Å². The van der Waals surface area contributed by atoms with Gasteiger partial charge in [-0.1, -0.05) is 19.9 Å². The van der Waals surface area contributed by atoms with Crippen LogP contribution in [0.5, 0.6) is 5.75 Å². The summed E-state index contributed by atoms with van der Waals surface area (Å²) in [5.41, 5.74) is 0.359. The van der Waals surface area contributed by atoms with Crippen molar-refractivity contribution in [2.45, 2.75) is 37.8 Å². The molecule has 2 N–H and O–H groups in total. The van der Waals surface area contributed by atoms with Crippen LogP contribution in [0.25, 0.3) is 0 Å². The van der Waals surface area contributed by atoms with Crippen LogP contribution in [0.15, 0.2) is 47.4 Å². The summed E-state index contributed by atoms with van der Waals surface area (Å²) in [5, 5.41) is 2.64. The van der Waals surface area contributed by atoms with Gasteiger partial charge in [0.25, 0.3) is 0 Å². The Morgan fingerprint density at radius 3 is 2.14 bits per heavy atom. The van der Waals surface area contributed by atoms with Gasteiger partial charge in [0, 0.05) is 0 Å². The highest BCUT2D eigenvalue weighted by molar-refractivity contribution is 7.89. The number of amides is 1. The molecule has 2 aromatic rings. The molecule has 0 saturated carbocycles. The summed E-state index contributed by atoms with van der Waals surface area (Å²) in [7, 11) is -2.50. The Hall–Kier alpha value is -2.52. The molecule has 0 spiro atoms. The number of hydrogen-bond acceptors (Lipinski definition) is 4. The van der Waals surface area contributed by atoms with Crippen molar-refractivity contribution in [2.75, 3.05) is 7.11 Å². The molecule has 0 aromatic heterocycles. The first kappa shape index (κ1) is 22.8. The first-order valence-electron chi connectivity index (χ1n) is 8.97. The standard InChI is InChI=1S/C20H24F2N2O4S/c1-12(2)19(24-29(26,27)16-8-6-15(28-4)7-9-16)20(25)23-13(3)14-5-10-17(21)18(22)11-14/h5-13,19,24H,1-4H3,(H,23,25). The quantitative estimate of drug-likeness (QED) is 0.679. The maximum Gasteiger partial charge on any atom is 0.241 e. The zero-order valence-electron chi connectivity index (χ0n) is 16.6. The maximum atomic E-state index is 13.4. The first-order valence-corrected chi connectivity index (χ1v) is 10.4. The largest absolute Gasteiger partial charge is 0.497 e. The Morgan fingerprint density at radius 2 is 1.62 bits per heavy atom. The van der Waals surface area contributed by atoms with Crippen molar-refractivity contribution in [2.24, 2.45) is 5.92 Å². The SMILES string of the molecule is COc1ccc(S(=O)(=O)NC(C(=O)NC(C)c2ccc(F)c(F)c2)C(C)C)cc1. The van der Waals surface area contributed by atoms with E-state index >= 15 is 0 Å². The van der Waals surface area contributed by atoms with Crippen LogP contribution >= 0.6 is 0 Å². The van der Waals surface area contributed by atoms with Crippen molar-refractivity contribution in [3.63, 3.8) is 0 Å². The summed E-state index contributed by atoms with van der Waals surface area (Å²) < 4.78 is 59.3. The zero-order valence-corrected chi connectivity index (χ0v) is 17.4. The fraction of sp³-hybridized carbons (Fsp3) is 0.350. The number of rotatable bonds is 8. The number of benzene rings is 2. The van der Waals surface area contributed by atoms with Crippen LogP contribution in [0.2, 0.25) is 0 Å². The third-order valence-corrected chi connectivity index (χ3v) is 5.86. The monoisotopic (exact) mass is 426 g/mol. The molecule has 2 unspecified atom stereocenters. The fourth-order valence-corrected chi connectivity index (χ4v) is 3.99. The Morgan fingerprint density at radius 1 is 1.00 bits per heavy atom. The second kappa shape index (κ2) is 9.32. The van der Waals surface area contributed by atoms with Crippen molar-refractivity contribution in [1.82, 2.24) is 10.0 Å². The average molecular weight is 426 g/mol. The van der Waals surface area contributed by atoms with Crippen LogP contribution in [-0.4, -0.2) is 27.5 Å². The van der Waals surface area contributed by atoms with Gasteiger partial charge < -0.3 is 10.1 Å². The molecule has 1 amide bonds. The molecule has 0 heterocycles. The van der Waals surface area contributed by atoms with Gasteiger partial charge in [-0.3, -0.25) is 4.79 Å². The molecule has 0 aliphatic carbocycles. The molecule has 0 aliphatic heterocycles. The number of hydrogen-bond donors (Lipinski definition) is 2. The number of carbonyl (C=O) groups excluding carboxylic acids is 1. The number of methoxy groups -OCH3 is 1. The summed E-state index contributed by atoms with van der Waals surface area (Å²) in [5.74, 6) is -2.44. The number of ether oxygens (including phenoxy) is 1. The summed E-state index contributed by atoms with van der Waals surface area (Å²) in [6.45, 7) is 4.99. The van der Waals surface area contributed by atoms with Crippen LogP contribution in [-0.2, 0) is 14.8 Å². The lowest BCUT2D eigenvalue weighted by atomic mass is 10.0. The third kappa shape index (κ3) is 5.74. The van der Waals surface area contributed by atoms with Gasteiger partial charge in [0.15, 0.2) is 11.6 Å². The van der Waals surface area contributed by atoms with Crippen molar-refractivity contribution < 1.29 is 26.7 Å². The van der Waals surface area contributed by atoms with Gasteiger partial charge in [-0.05, 0) is 54.8 Å². The molecule has 2 aromatic carbocycles. The van der Waals surface area contributed by atoms with Crippen molar-refractivity contribution >= 4 is 15.9 Å². The van der Waals surface area contributed by atoms with E-state index in [4.69, 9.17) is 4.74 Å². The van der Waals surface area contributed by atoms with Gasteiger partial charge in [0.1, 0.15) is 11.8 Å². The van der Waals surface area contributed by atoms with Gasteiger partial charge in [-0.2, -0.15) is 4.72 Å². The topological polar surface area (TPSA) is 84.5 Å². The highest BCUT2D eigenvalue weighted by Crippen LogP contribution is 2.19. The smallest absolute Gasteiger partial charge is 0.241 e. The van der Waals surface area contributed by atoms with E-state index in [-0.39, 0.29) is 10.8 Å². The molecule has 0 bridgehead atoms. The minimum atomic E-state index is -3.96. The van der Waals surface area contributed by atoms with E-state index in [2.05, 4.69) is 10.0 Å². The predicted octanol–water partition coefficient (Wildman–Crippen LogP) is 3.15. The molecule has 0 aliphatic rings. The lowest BCUT2D eigenvalue weighted by molar-refractivity contribution is -0.124. The summed E-state index contributed by atoms with van der Waals surface area (Å²) in [6.07, 6.45) is 0. The minimum Gasteiger partial charge on any atom is -0.497 e. The molecule has 9 heteroatoms. The maximum absolute atomic E-state index is 13.4. The number of nitrogens with one attached hydrogen (secondary N) is 2. The van der Waals surface area contributed by atoms with E-state index in [0.29, 0.717) is 11.3 Å². The van der Waals surface area contributed by atoms with Crippen LogP contribution in [0.1, 0.15) is 32.4 Å². The lowest BCUT2D eigenvalue weighted by Crippen LogP contribution is -2.50. The third-order valence-electron chi connectivity index (χ3n) is 4.40. The molecule has 0 radical (unpaired) electrons. The summed E-state index contributed by atoms with van der Waals surface area (Å²) in [4.78, 5) is 12.7. The van der Waals surface area contributed by atoms with Crippen molar-refractivity contribution in [1.29, 1.82) is 0 Å². The van der Waals surface area contributed by atoms with E-state index in [1.807, 2.05) is 0 Å². The van der Waals surface area contributed by atoms with Crippen LogP contribution in [0.3, 0.4) is 0 Å². The minimum absolute atomic E-state index is 0.00889. The molecule has 2 rings (SSSR count). The number of halogens is 2. The molecular weight excluding hydrogens is 402 g/mol. The van der Waals surface area contributed by atoms with Crippen LogP contribution in [0.4, 0.5) is 8.78 Å². The molecule has 29 heavy (non-hydrogen) atoms. The molecule has 158 valence electrons. The first-order chi connectivity index (χ1) is 13.5. The molecule has 0 fully saturated rings. The Balaban J connectivity index is 2.16. The second-order valence-electron chi connectivity index (χ2n) is 6.92. The van der Waals surface area contributed by atoms with E-state index in [0.717, 1.165) is 12.1 Å². The van der Waals surface area contributed by atoms with Gasteiger partial charge in [0.2, 0.25) is 15.9 Å². The van der Waals surface area contributed by atoms with Gasteiger partial charge >= 0.3 is 0 Å². The van der Waals surface area contributed by atoms with Crippen molar-refractivity contribution in [3.8, 4) is 5.75 Å². The van der Waals surface area contributed by atoms with E-state index < -0.39 is 39.6 Å². The average Bonchev–Trinajstić information content (AvgIpc) is 2.67. The van der Waals surface area contributed by atoms with Crippen LogP contribution in [0, 0.1) is 17.6 Å². The van der Waals surface area contributed by atoms with Crippen molar-refractivity contribution in [3.05, 3.63) is 59.7 Å². The Kier molecular flexibility index (Phi) is 7.32. The molecule has 2 atom stereocenters. The molecule has 0 saturated heterocycles. The number of sulfonamides is 1. The Bertz CT molecular complexity index is 963. The van der Waals surface area contributed by atoms with E-state index in [1.54, 1.807) is 20.8 Å². The summed E-state index contributed by atoms with van der Waals surface area (Å²) in [6, 6.07) is 7.37. The van der Waals surface area contributed by atoms with Crippen LogP contribution < -0.4 is 14.8 Å².